The molecular weight excluding hydrogens is 377 g/mol. The molecule has 1 aliphatic rings. The summed E-state index contributed by atoms with van der Waals surface area (Å²) in [6, 6.07) is 5.02. The summed E-state index contributed by atoms with van der Waals surface area (Å²) in [6.07, 6.45) is 8.83. The number of rotatable bonds is 4. The summed E-state index contributed by atoms with van der Waals surface area (Å²) >= 11 is 2.27. The molecule has 2 atom stereocenters. The van der Waals surface area contributed by atoms with Crippen molar-refractivity contribution in [3.63, 3.8) is 0 Å². The largest absolute Gasteiger partial charge is 0.367 e. The van der Waals surface area contributed by atoms with Gasteiger partial charge in [0.1, 0.15) is 11.6 Å². The maximum absolute atomic E-state index is 4.40. The third kappa shape index (κ3) is 4.03. The number of hydrogen-bond acceptors (Lipinski definition) is 5. The molecule has 0 aliphatic heterocycles. The van der Waals surface area contributed by atoms with Gasteiger partial charge < -0.3 is 10.6 Å². The van der Waals surface area contributed by atoms with Crippen LogP contribution in [-0.4, -0.2) is 27.0 Å². The molecule has 1 aliphatic carbocycles. The van der Waals surface area contributed by atoms with Crippen molar-refractivity contribution < 1.29 is 0 Å². The van der Waals surface area contributed by atoms with E-state index < -0.39 is 0 Å². The van der Waals surface area contributed by atoms with Gasteiger partial charge in [-0.3, -0.25) is 4.98 Å². The van der Waals surface area contributed by atoms with Gasteiger partial charge in [0.05, 0.1) is 18.1 Å². The van der Waals surface area contributed by atoms with Gasteiger partial charge in [0.15, 0.2) is 0 Å². The summed E-state index contributed by atoms with van der Waals surface area (Å²) < 4.78 is 1.15. The number of halogens is 1. The van der Waals surface area contributed by atoms with E-state index >= 15 is 0 Å². The Morgan fingerprint density at radius 3 is 2.29 bits per heavy atom. The Morgan fingerprint density at radius 1 is 0.952 bits per heavy atom. The standard InChI is InChI=1S/C15H18IN5/c1-10-7-18-15(9-17-10)21-13-4-3-12(6-13)20-14-5-2-11(16)8-19-14/h2,5,7-9,12-13H,3-4,6H2,1H3,(H,18,21)(H,19,20). The molecule has 5 nitrogen and oxygen atoms in total. The molecule has 2 aromatic rings. The highest BCUT2D eigenvalue weighted by Crippen LogP contribution is 2.24. The van der Waals surface area contributed by atoms with E-state index in [0.717, 1.165) is 40.2 Å². The van der Waals surface area contributed by atoms with Gasteiger partial charge in [-0.05, 0) is 60.9 Å². The van der Waals surface area contributed by atoms with Crippen LogP contribution in [0.1, 0.15) is 25.0 Å². The van der Waals surface area contributed by atoms with Crippen LogP contribution in [0.3, 0.4) is 0 Å². The van der Waals surface area contributed by atoms with Crippen molar-refractivity contribution in [3.8, 4) is 0 Å². The number of hydrogen-bond donors (Lipinski definition) is 2. The second kappa shape index (κ2) is 6.55. The molecule has 0 amide bonds. The molecule has 6 heteroatoms. The summed E-state index contributed by atoms with van der Waals surface area (Å²) in [6.45, 7) is 1.94. The van der Waals surface area contributed by atoms with Crippen molar-refractivity contribution >= 4 is 34.2 Å². The van der Waals surface area contributed by atoms with Crippen LogP contribution in [0.15, 0.2) is 30.7 Å². The van der Waals surface area contributed by atoms with Gasteiger partial charge in [0, 0.05) is 21.9 Å². The van der Waals surface area contributed by atoms with E-state index in [1.165, 1.54) is 0 Å². The van der Waals surface area contributed by atoms with E-state index in [4.69, 9.17) is 0 Å². The lowest BCUT2D eigenvalue weighted by Crippen LogP contribution is -2.21. The Morgan fingerprint density at radius 2 is 1.67 bits per heavy atom. The minimum Gasteiger partial charge on any atom is -0.367 e. The molecule has 2 N–H and O–H groups in total. The lowest BCUT2D eigenvalue weighted by atomic mass is 10.2. The predicted octanol–water partition coefficient (Wildman–Crippen LogP) is 3.23. The van der Waals surface area contributed by atoms with Gasteiger partial charge in [-0.25, -0.2) is 9.97 Å². The van der Waals surface area contributed by atoms with Crippen LogP contribution in [0.5, 0.6) is 0 Å². The number of nitrogens with zero attached hydrogens (tertiary/aromatic N) is 3. The molecule has 3 rings (SSSR count). The smallest absolute Gasteiger partial charge is 0.144 e. The molecule has 1 fully saturated rings. The first-order valence-corrected chi connectivity index (χ1v) is 8.20. The van der Waals surface area contributed by atoms with Gasteiger partial charge in [-0.2, -0.15) is 0 Å². The number of nitrogens with one attached hydrogen (secondary N) is 2. The lowest BCUT2D eigenvalue weighted by molar-refractivity contribution is 0.719. The Bertz CT molecular complexity index is 531. The Kier molecular flexibility index (Phi) is 4.52. The van der Waals surface area contributed by atoms with Gasteiger partial charge in [0.2, 0.25) is 0 Å². The Balaban J connectivity index is 1.53. The van der Waals surface area contributed by atoms with E-state index in [1.54, 1.807) is 12.4 Å². The second-order valence-corrected chi connectivity index (χ2v) is 6.65. The maximum Gasteiger partial charge on any atom is 0.144 e. The average Bonchev–Trinajstić information content (AvgIpc) is 2.91. The first kappa shape index (κ1) is 14.5. The van der Waals surface area contributed by atoms with Crippen molar-refractivity contribution in [2.75, 3.05) is 10.6 Å². The summed E-state index contributed by atoms with van der Waals surface area (Å²) in [5.74, 6) is 1.81. The zero-order valence-corrected chi connectivity index (χ0v) is 14.0. The summed E-state index contributed by atoms with van der Waals surface area (Å²) in [4.78, 5) is 13.0. The third-order valence-corrected chi connectivity index (χ3v) is 4.28. The molecule has 0 saturated heterocycles. The van der Waals surface area contributed by atoms with Crippen LogP contribution in [0, 0.1) is 10.5 Å². The Labute approximate surface area is 138 Å². The van der Waals surface area contributed by atoms with Crippen LogP contribution in [0.2, 0.25) is 0 Å². The molecule has 0 radical (unpaired) electrons. The van der Waals surface area contributed by atoms with Gasteiger partial charge in [0.25, 0.3) is 0 Å². The number of anilines is 2. The molecule has 0 aromatic carbocycles. The van der Waals surface area contributed by atoms with E-state index in [9.17, 15) is 0 Å². The second-order valence-electron chi connectivity index (χ2n) is 5.40. The van der Waals surface area contributed by atoms with Crippen molar-refractivity contribution in [1.29, 1.82) is 0 Å². The quantitative estimate of drug-likeness (QED) is 0.779. The van der Waals surface area contributed by atoms with E-state index in [2.05, 4.69) is 54.2 Å². The van der Waals surface area contributed by atoms with Crippen LogP contribution in [-0.2, 0) is 0 Å². The summed E-state index contributed by atoms with van der Waals surface area (Å²) in [7, 11) is 0. The zero-order valence-electron chi connectivity index (χ0n) is 11.9. The molecule has 2 heterocycles. The van der Waals surface area contributed by atoms with E-state index in [0.29, 0.717) is 12.1 Å². The molecule has 0 spiro atoms. The average molecular weight is 395 g/mol. The highest BCUT2D eigenvalue weighted by atomic mass is 127. The van der Waals surface area contributed by atoms with Crippen LogP contribution in [0.4, 0.5) is 11.6 Å². The van der Waals surface area contributed by atoms with Crippen molar-refractivity contribution in [1.82, 2.24) is 15.0 Å². The number of pyridine rings is 1. The highest BCUT2D eigenvalue weighted by Gasteiger charge is 2.25. The van der Waals surface area contributed by atoms with Crippen LogP contribution >= 0.6 is 22.6 Å². The maximum atomic E-state index is 4.40. The summed E-state index contributed by atoms with van der Waals surface area (Å²) in [5.41, 5.74) is 0.941. The topological polar surface area (TPSA) is 62.7 Å². The van der Waals surface area contributed by atoms with Gasteiger partial charge in [-0.15, -0.1) is 0 Å². The predicted molar refractivity (Wildman–Crippen MR) is 92.4 cm³/mol. The molecule has 110 valence electrons. The van der Waals surface area contributed by atoms with Crippen LogP contribution < -0.4 is 10.6 Å². The van der Waals surface area contributed by atoms with E-state index in [-0.39, 0.29) is 0 Å². The molecule has 2 unspecified atom stereocenters. The van der Waals surface area contributed by atoms with Crippen LogP contribution in [0.25, 0.3) is 0 Å². The molecule has 1 saturated carbocycles. The monoisotopic (exact) mass is 395 g/mol. The fraction of sp³-hybridized carbons (Fsp3) is 0.400. The fourth-order valence-electron chi connectivity index (χ4n) is 2.59. The minimum atomic E-state index is 0.448. The van der Waals surface area contributed by atoms with Gasteiger partial charge >= 0.3 is 0 Å². The van der Waals surface area contributed by atoms with E-state index in [1.807, 2.05) is 19.2 Å². The Hall–Kier alpha value is -1.44. The molecular formula is C15H18IN5. The molecule has 2 aromatic heterocycles. The fourth-order valence-corrected chi connectivity index (χ4v) is 2.91. The zero-order chi connectivity index (χ0) is 14.7. The SMILES string of the molecule is Cc1cnc(NC2CCC(Nc3ccc(I)cn3)C2)cn1. The van der Waals surface area contributed by atoms with Crippen molar-refractivity contribution in [2.45, 2.75) is 38.3 Å². The summed E-state index contributed by atoms with van der Waals surface area (Å²) in [5, 5.41) is 6.96. The lowest BCUT2D eigenvalue weighted by Gasteiger charge is -2.15. The first-order chi connectivity index (χ1) is 10.2. The normalized spacial score (nSPS) is 21.2. The highest BCUT2D eigenvalue weighted by molar-refractivity contribution is 14.1. The molecule has 0 bridgehead atoms. The third-order valence-electron chi connectivity index (χ3n) is 3.64. The first-order valence-electron chi connectivity index (χ1n) is 7.12. The molecule has 21 heavy (non-hydrogen) atoms. The van der Waals surface area contributed by atoms with Gasteiger partial charge in [-0.1, -0.05) is 0 Å². The van der Waals surface area contributed by atoms with Crippen molar-refractivity contribution in [3.05, 3.63) is 40.0 Å². The number of aryl methyl sites for hydroxylation is 1. The number of aromatic nitrogens is 3. The minimum absolute atomic E-state index is 0.448. The van der Waals surface area contributed by atoms with Crippen molar-refractivity contribution in [2.24, 2.45) is 0 Å².